The summed E-state index contributed by atoms with van der Waals surface area (Å²) in [5.74, 6) is 0. The molecule has 0 atom stereocenters. The molecule has 5 nitrogen and oxygen atoms in total. The Kier molecular flexibility index (Phi) is 11.3. The first-order valence-corrected chi connectivity index (χ1v) is 12.2. The van der Waals surface area contributed by atoms with Gasteiger partial charge in [-0.2, -0.15) is 52.7 Å². The summed E-state index contributed by atoms with van der Waals surface area (Å²) in [7, 11) is 1.61. The van der Waals surface area contributed by atoms with Gasteiger partial charge in [0.2, 0.25) is 0 Å². The van der Waals surface area contributed by atoms with Crippen LogP contribution in [-0.4, -0.2) is 48.4 Å². The van der Waals surface area contributed by atoms with E-state index in [1.807, 2.05) is 0 Å². The van der Waals surface area contributed by atoms with Crippen molar-refractivity contribution >= 4 is 46.0 Å². The number of likely N-dealkylation sites (N-methyl/N-ethyl adjacent to an activating group) is 1. The van der Waals surface area contributed by atoms with Gasteiger partial charge in [0.1, 0.15) is 0 Å². The molecule has 2 aromatic carbocycles. The Morgan fingerprint density at radius 3 is 1.05 bits per heavy atom. The van der Waals surface area contributed by atoms with Gasteiger partial charge in [0.15, 0.2) is 10.2 Å². The van der Waals surface area contributed by atoms with E-state index in [1.54, 1.807) is 11.9 Å². The molecule has 4 N–H and O–H groups in total. The van der Waals surface area contributed by atoms with Crippen LogP contribution in [0.1, 0.15) is 22.3 Å². The van der Waals surface area contributed by atoms with Crippen LogP contribution in [-0.2, 0) is 24.7 Å². The van der Waals surface area contributed by atoms with Crippen LogP contribution in [0.3, 0.4) is 0 Å². The van der Waals surface area contributed by atoms with Crippen molar-refractivity contribution in [1.29, 1.82) is 0 Å². The zero-order valence-corrected chi connectivity index (χ0v) is 22.7. The highest BCUT2D eigenvalue weighted by molar-refractivity contribution is 7.80. The normalized spacial score (nSPS) is 12.7. The standard InChI is InChI=1S/C23H21F12N5S2/c1-40(4-2-36-18(41)38-16-8-12(20(24,25)26)6-13(9-16)21(27,28)29)5-3-37-19(42)39-17-10-14(22(30,31)32)7-15(11-17)23(33,34)35/h6-11H,2-5H2,1H3,(H2,36,38,41)(H2,37,39,42). The van der Waals surface area contributed by atoms with Crippen LogP contribution in [0, 0.1) is 0 Å². The maximum absolute atomic E-state index is 13.0. The zero-order valence-electron chi connectivity index (χ0n) is 21.1. The summed E-state index contributed by atoms with van der Waals surface area (Å²) in [6, 6.07) is 1.85. The number of anilines is 2. The molecule has 0 heterocycles. The highest BCUT2D eigenvalue weighted by Gasteiger charge is 2.38. The van der Waals surface area contributed by atoms with Gasteiger partial charge in [-0.3, -0.25) is 0 Å². The molecule has 0 saturated carbocycles. The fraction of sp³-hybridized carbons (Fsp3) is 0.391. The summed E-state index contributed by atoms with van der Waals surface area (Å²) in [5.41, 5.74) is -7.13. The molecule has 0 aliphatic rings. The Hall–Kier alpha value is -3.06. The second kappa shape index (κ2) is 13.5. The van der Waals surface area contributed by atoms with E-state index in [1.165, 1.54) is 0 Å². The highest BCUT2D eigenvalue weighted by atomic mass is 32.1. The first-order valence-electron chi connectivity index (χ1n) is 11.4. The fourth-order valence-corrected chi connectivity index (χ4v) is 3.68. The van der Waals surface area contributed by atoms with Crippen LogP contribution in [0.2, 0.25) is 0 Å². The van der Waals surface area contributed by atoms with Crippen molar-refractivity contribution in [2.24, 2.45) is 0 Å². The quantitative estimate of drug-likeness (QED) is 0.181. The third kappa shape index (κ3) is 11.3. The molecule has 0 spiro atoms. The summed E-state index contributed by atoms with van der Waals surface area (Å²) in [6.45, 7) is 0.701. The second-order valence-electron chi connectivity index (χ2n) is 8.65. The highest BCUT2D eigenvalue weighted by Crippen LogP contribution is 2.38. The van der Waals surface area contributed by atoms with E-state index in [0.717, 1.165) is 0 Å². The lowest BCUT2D eigenvalue weighted by Gasteiger charge is -2.20. The topological polar surface area (TPSA) is 51.4 Å². The summed E-state index contributed by atoms with van der Waals surface area (Å²) in [4.78, 5) is 1.67. The van der Waals surface area contributed by atoms with Crippen LogP contribution < -0.4 is 21.3 Å². The van der Waals surface area contributed by atoms with Gasteiger partial charge in [0.25, 0.3) is 0 Å². The number of alkyl halides is 12. The summed E-state index contributed by atoms with van der Waals surface area (Å²) in [5, 5.41) is 9.28. The Morgan fingerprint density at radius 1 is 0.548 bits per heavy atom. The lowest BCUT2D eigenvalue weighted by Crippen LogP contribution is -2.39. The lowest BCUT2D eigenvalue weighted by molar-refractivity contribution is -0.144. The number of hydrogen-bond acceptors (Lipinski definition) is 3. The third-order valence-electron chi connectivity index (χ3n) is 5.25. The molecule has 2 rings (SSSR count). The average molecular weight is 660 g/mol. The molecule has 0 aliphatic heterocycles. The molecular formula is C23H21F12N5S2. The predicted octanol–water partition coefficient (Wildman–Crippen LogP) is 6.97. The average Bonchev–Trinajstić information content (AvgIpc) is 2.81. The molecule has 0 radical (unpaired) electrons. The molecule has 19 heteroatoms. The summed E-state index contributed by atoms with van der Waals surface area (Å²) < 4.78 is 156. The van der Waals surface area contributed by atoms with Crippen molar-refractivity contribution < 1.29 is 52.7 Å². The minimum Gasteiger partial charge on any atom is -0.361 e. The van der Waals surface area contributed by atoms with Gasteiger partial charge in [0, 0.05) is 37.6 Å². The van der Waals surface area contributed by atoms with Gasteiger partial charge in [-0.05, 0) is 67.9 Å². The van der Waals surface area contributed by atoms with Crippen LogP contribution in [0.4, 0.5) is 64.1 Å². The van der Waals surface area contributed by atoms with Crippen LogP contribution in [0.15, 0.2) is 36.4 Å². The fourth-order valence-electron chi connectivity index (χ4n) is 3.24. The van der Waals surface area contributed by atoms with Crippen LogP contribution >= 0.6 is 24.4 Å². The number of rotatable bonds is 8. The van der Waals surface area contributed by atoms with Crippen molar-refractivity contribution in [2.75, 3.05) is 43.9 Å². The maximum atomic E-state index is 13.0. The SMILES string of the molecule is CN(CCNC(=S)Nc1cc(C(F)(F)F)cc(C(F)(F)F)c1)CCNC(=S)Nc1cc(C(F)(F)F)cc(C(F)(F)F)c1. The molecule has 234 valence electrons. The zero-order chi connectivity index (χ0) is 32.1. The van der Waals surface area contributed by atoms with Gasteiger partial charge in [-0.15, -0.1) is 0 Å². The van der Waals surface area contributed by atoms with Gasteiger partial charge < -0.3 is 26.2 Å². The summed E-state index contributed by atoms with van der Waals surface area (Å²) >= 11 is 9.86. The van der Waals surface area contributed by atoms with Crippen molar-refractivity contribution in [3.63, 3.8) is 0 Å². The number of nitrogens with one attached hydrogen (secondary N) is 4. The van der Waals surface area contributed by atoms with Crippen molar-refractivity contribution in [1.82, 2.24) is 15.5 Å². The Bertz CT molecular complexity index is 1100. The van der Waals surface area contributed by atoms with E-state index in [4.69, 9.17) is 24.4 Å². The molecule has 2 aromatic rings. The second-order valence-corrected chi connectivity index (χ2v) is 9.47. The maximum Gasteiger partial charge on any atom is 0.416 e. The lowest BCUT2D eigenvalue weighted by atomic mass is 10.1. The third-order valence-corrected chi connectivity index (χ3v) is 5.74. The van der Waals surface area contributed by atoms with Gasteiger partial charge in [0.05, 0.1) is 22.3 Å². The van der Waals surface area contributed by atoms with E-state index in [0.29, 0.717) is 24.3 Å². The van der Waals surface area contributed by atoms with E-state index < -0.39 is 58.3 Å². The molecule has 0 fully saturated rings. The molecule has 0 unspecified atom stereocenters. The van der Waals surface area contributed by atoms with E-state index in [-0.39, 0.29) is 48.5 Å². The molecule has 0 amide bonds. The Labute approximate surface area is 241 Å². The van der Waals surface area contributed by atoms with E-state index >= 15 is 0 Å². The van der Waals surface area contributed by atoms with Gasteiger partial charge in [-0.1, -0.05) is 0 Å². The minimum absolute atomic E-state index is 0.0226. The largest absolute Gasteiger partial charge is 0.416 e. The number of hydrogen-bond donors (Lipinski definition) is 4. The van der Waals surface area contributed by atoms with Crippen LogP contribution in [0.25, 0.3) is 0 Å². The first-order chi connectivity index (χ1) is 19.1. The smallest absolute Gasteiger partial charge is 0.361 e. The number of thiocarbonyl (C=S) groups is 2. The van der Waals surface area contributed by atoms with Gasteiger partial charge in [-0.25, -0.2) is 0 Å². The van der Waals surface area contributed by atoms with Gasteiger partial charge >= 0.3 is 24.7 Å². The molecule has 0 bridgehead atoms. The Balaban J connectivity index is 1.84. The minimum atomic E-state index is -5.03. The van der Waals surface area contributed by atoms with Crippen molar-refractivity contribution in [3.05, 3.63) is 58.7 Å². The molecule has 0 aliphatic carbocycles. The first kappa shape index (κ1) is 35.1. The van der Waals surface area contributed by atoms with Crippen molar-refractivity contribution in [3.8, 4) is 0 Å². The van der Waals surface area contributed by atoms with E-state index in [9.17, 15) is 52.7 Å². The molecule has 0 saturated heterocycles. The van der Waals surface area contributed by atoms with Crippen LogP contribution in [0.5, 0.6) is 0 Å². The molecule has 0 aromatic heterocycles. The molecular weight excluding hydrogens is 638 g/mol. The van der Waals surface area contributed by atoms with E-state index in [2.05, 4.69) is 21.3 Å². The van der Waals surface area contributed by atoms with Crippen molar-refractivity contribution in [2.45, 2.75) is 24.7 Å². The number of nitrogens with zero attached hydrogens (tertiary/aromatic N) is 1. The summed E-state index contributed by atoms with van der Waals surface area (Å²) in [6.07, 6.45) is -20.1. The predicted molar refractivity (Wildman–Crippen MR) is 139 cm³/mol. The number of benzene rings is 2. The number of halogens is 12. The monoisotopic (exact) mass is 659 g/mol. The Morgan fingerprint density at radius 2 is 0.810 bits per heavy atom. The molecule has 42 heavy (non-hydrogen) atoms.